The van der Waals surface area contributed by atoms with E-state index < -0.39 is 16.8 Å². The summed E-state index contributed by atoms with van der Waals surface area (Å²) in [6, 6.07) is 13.0. The van der Waals surface area contributed by atoms with E-state index in [1.165, 1.54) is 29.5 Å². The summed E-state index contributed by atoms with van der Waals surface area (Å²) in [5.41, 5.74) is 2.01. The molecule has 0 spiro atoms. The first-order chi connectivity index (χ1) is 15.3. The van der Waals surface area contributed by atoms with Crippen LogP contribution in [0.1, 0.15) is 27.7 Å². The van der Waals surface area contributed by atoms with Gasteiger partial charge in [0.05, 0.1) is 11.5 Å². The van der Waals surface area contributed by atoms with Gasteiger partial charge in [-0.2, -0.15) is 0 Å². The molecule has 0 fully saturated rings. The van der Waals surface area contributed by atoms with Crippen LogP contribution in [0.15, 0.2) is 54.6 Å². The summed E-state index contributed by atoms with van der Waals surface area (Å²) in [5, 5.41) is 14.5. The van der Waals surface area contributed by atoms with Crippen molar-refractivity contribution in [3.8, 4) is 11.1 Å². The number of nitro benzene ring substituents is 1. The minimum absolute atomic E-state index is 0.0578. The quantitative estimate of drug-likeness (QED) is 0.194. The fourth-order valence-electron chi connectivity index (χ4n) is 3.06. The minimum atomic E-state index is -0.587. The average molecular weight is 471 g/mol. The summed E-state index contributed by atoms with van der Waals surface area (Å²) in [6.45, 7) is 3.65. The summed E-state index contributed by atoms with van der Waals surface area (Å²) in [6.07, 6.45) is 2.91. The number of carbonyl (C=O) groups is 2. The first-order valence-electron chi connectivity index (χ1n) is 9.60. The van der Waals surface area contributed by atoms with E-state index in [4.69, 9.17) is 16.3 Å². The lowest BCUT2D eigenvalue weighted by atomic mass is 10.0. The van der Waals surface area contributed by atoms with Crippen molar-refractivity contribution in [2.24, 2.45) is 0 Å². The number of carbonyl (C=O) groups excluding carboxylic acids is 2. The number of hydrogen-bond acceptors (Lipinski definition) is 6. The van der Waals surface area contributed by atoms with Gasteiger partial charge >= 0.3 is 5.97 Å². The number of hydrogen-bond donors (Lipinski definition) is 1. The SMILES string of the molecule is CCOC(=O)c1c(NC(=O)C=Cc2ccccc2Cl)sc(C)c1-c1ccc([N+](=O)[O-])cc1. The summed E-state index contributed by atoms with van der Waals surface area (Å²) in [5.74, 6) is -1.03. The maximum atomic E-state index is 12.7. The average Bonchev–Trinajstić information content (AvgIpc) is 3.08. The molecule has 0 aliphatic rings. The number of rotatable bonds is 7. The Hall–Kier alpha value is -3.49. The molecule has 0 bridgehead atoms. The number of nitrogens with one attached hydrogen (secondary N) is 1. The van der Waals surface area contributed by atoms with Crippen molar-refractivity contribution in [2.75, 3.05) is 11.9 Å². The van der Waals surface area contributed by atoms with Crippen LogP contribution in [0.4, 0.5) is 10.7 Å². The molecule has 1 amide bonds. The van der Waals surface area contributed by atoms with Gasteiger partial charge in [0.2, 0.25) is 5.91 Å². The van der Waals surface area contributed by atoms with Gasteiger partial charge in [-0.25, -0.2) is 4.79 Å². The van der Waals surface area contributed by atoms with Gasteiger partial charge in [0.1, 0.15) is 10.6 Å². The lowest BCUT2D eigenvalue weighted by Gasteiger charge is -2.08. The smallest absolute Gasteiger partial charge is 0.341 e. The van der Waals surface area contributed by atoms with Gasteiger partial charge < -0.3 is 10.1 Å². The molecule has 0 unspecified atom stereocenters. The highest BCUT2D eigenvalue weighted by atomic mass is 35.5. The largest absolute Gasteiger partial charge is 0.462 e. The number of anilines is 1. The highest BCUT2D eigenvalue weighted by Gasteiger charge is 2.25. The molecule has 0 saturated heterocycles. The second-order valence-corrected chi connectivity index (χ2v) is 8.24. The van der Waals surface area contributed by atoms with Gasteiger partial charge in [-0.3, -0.25) is 14.9 Å². The van der Waals surface area contributed by atoms with E-state index in [2.05, 4.69) is 5.32 Å². The second kappa shape index (κ2) is 10.2. The molecule has 0 saturated carbocycles. The Morgan fingerprint density at radius 3 is 2.50 bits per heavy atom. The van der Waals surface area contributed by atoms with E-state index in [9.17, 15) is 19.7 Å². The Bertz CT molecular complexity index is 1200. The fourth-order valence-corrected chi connectivity index (χ4v) is 4.32. The van der Waals surface area contributed by atoms with E-state index in [0.717, 1.165) is 4.88 Å². The lowest BCUT2D eigenvalue weighted by molar-refractivity contribution is -0.384. The topological polar surface area (TPSA) is 98.5 Å². The molecule has 0 aliphatic heterocycles. The lowest BCUT2D eigenvalue weighted by Crippen LogP contribution is -2.12. The molecule has 1 aromatic heterocycles. The van der Waals surface area contributed by atoms with E-state index in [-0.39, 0.29) is 17.9 Å². The number of amides is 1. The highest BCUT2D eigenvalue weighted by Crippen LogP contribution is 2.40. The van der Waals surface area contributed by atoms with E-state index in [0.29, 0.717) is 26.7 Å². The van der Waals surface area contributed by atoms with Gasteiger partial charge in [0.15, 0.2) is 0 Å². The molecule has 0 atom stereocenters. The van der Waals surface area contributed by atoms with Crippen LogP contribution in [-0.2, 0) is 9.53 Å². The normalized spacial score (nSPS) is 10.8. The Morgan fingerprint density at radius 2 is 1.88 bits per heavy atom. The maximum absolute atomic E-state index is 12.7. The molecule has 3 rings (SSSR count). The van der Waals surface area contributed by atoms with Crippen LogP contribution in [0, 0.1) is 17.0 Å². The van der Waals surface area contributed by atoms with Crippen LogP contribution < -0.4 is 5.32 Å². The van der Waals surface area contributed by atoms with Crippen molar-refractivity contribution in [1.29, 1.82) is 0 Å². The zero-order valence-electron chi connectivity index (χ0n) is 17.3. The van der Waals surface area contributed by atoms with E-state index in [1.807, 2.05) is 0 Å². The summed E-state index contributed by atoms with van der Waals surface area (Å²) in [4.78, 5) is 36.5. The Morgan fingerprint density at radius 1 is 1.19 bits per heavy atom. The number of aryl methyl sites for hydroxylation is 1. The minimum Gasteiger partial charge on any atom is -0.462 e. The van der Waals surface area contributed by atoms with Crippen LogP contribution in [0.2, 0.25) is 5.02 Å². The Kier molecular flexibility index (Phi) is 7.40. The molecular weight excluding hydrogens is 452 g/mol. The third-order valence-electron chi connectivity index (χ3n) is 4.49. The number of esters is 1. The zero-order valence-corrected chi connectivity index (χ0v) is 18.8. The number of ether oxygens (including phenoxy) is 1. The van der Waals surface area contributed by atoms with Crippen LogP contribution in [0.5, 0.6) is 0 Å². The first-order valence-corrected chi connectivity index (χ1v) is 10.8. The van der Waals surface area contributed by atoms with Crippen molar-refractivity contribution in [2.45, 2.75) is 13.8 Å². The Balaban J connectivity index is 1.96. The maximum Gasteiger partial charge on any atom is 0.341 e. The van der Waals surface area contributed by atoms with Gasteiger partial charge in [0, 0.05) is 33.7 Å². The summed E-state index contributed by atoms with van der Waals surface area (Å²) >= 11 is 7.33. The Labute approximate surface area is 193 Å². The standard InChI is InChI=1S/C23H19ClN2O5S/c1-3-31-23(28)21-20(16-8-11-17(12-9-16)26(29)30)14(2)32-22(21)25-19(27)13-10-15-6-4-5-7-18(15)24/h4-13H,3H2,1-2H3,(H,25,27). The predicted octanol–water partition coefficient (Wildman–Crippen LogP) is 6.11. The molecule has 1 N–H and O–H groups in total. The third kappa shape index (κ3) is 5.22. The monoisotopic (exact) mass is 470 g/mol. The van der Waals surface area contributed by atoms with Crippen molar-refractivity contribution in [3.05, 3.63) is 85.7 Å². The van der Waals surface area contributed by atoms with Gasteiger partial charge in [-0.15, -0.1) is 11.3 Å². The van der Waals surface area contributed by atoms with Crippen molar-refractivity contribution < 1.29 is 19.2 Å². The first kappa shape index (κ1) is 23.2. The fraction of sp³-hybridized carbons (Fsp3) is 0.130. The van der Waals surface area contributed by atoms with Gasteiger partial charge in [-0.05, 0) is 49.2 Å². The van der Waals surface area contributed by atoms with Gasteiger partial charge in [0.25, 0.3) is 5.69 Å². The molecule has 0 aliphatic carbocycles. The summed E-state index contributed by atoms with van der Waals surface area (Å²) < 4.78 is 5.21. The van der Waals surface area contributed by atoms with Gasteiger partial charge in [-0.1, -0.05) is 29.8 Å². The summed E-state index contributed by atoms with van der Waals surface area (Å²) in [7, 11) is 0. The zero-order chi connectivity index (χ0) is 23.3. The molecule has 9 heteroatoms. The van der Waals surface area contributed by atoms with Crippen LogP contribution in [0.3, 0.4) is 0 Å². The molecule has 1 heterocycles. The number of halogens is 1. The molecular formula is C23H19ClN2O5S. The predicted molar refractivity (Wildman–Crippen MR) is 126 cm³/mol. The highest BCUT2D eigenvalue weighted by molar-refractivity contribution is 7.17. The number of thiophene rings is 1. The number of nitro groups is 1. The number of benzene rings is 2. The van der Waals surface area contributed by atoms with Crippen molar-refractivity contribution in [3.63, 3.8) is 0 Å². The number of nitrogens with zero attached hydrogens (tertiary/aromatic N) is 1. The van der Waals surface area contributed by atoms with Crippen LogP contribution in [0.25, 0.3) is 17.2 Å². The molecule has 0 radical (unpaired) electrons. The van der Waals surface area contributed by atoms with E-state index in [1.54, 1.807) is 56.3 Å². The van der Waals surface area contributed by atoms with Crippen LogP contribution in [-0.4, -0.2) is 23.4 Å². The molecule has 3 aromatic rings. The van der Waals surface area contributed by atoms with Crippen LogP contribution >= 0.6 is 22.9 Å². The molecule has 164 valence electrons. The molecule has 7 nitrogen and oxygen atoms in total. The third-order valence-corrected chi connectivity index (χ3v) is 5.85. The number of non-ortho nitro benzene ring substituents is 1. The molecule has 32 heavy (non-hydrogen) atoms. The van der Waals surface area contributed by atoms with Crippen molar-refractivity contribution in [1.82, 2.24) is 0 Å². The molecule has 2 aromatic carbocycles. The van der Waals surface area contributed by atoms with E-state index >= 15 is 0 Å². The second-order valence-electron chi connectivity index (χ2n) is 6.61. The van der Waals surface area contributed by atoms with Crippen molar-refractivity contribution >= 4 is 51.6 Å².